The summed E-state index contributed by atoms with van der Waals surface area (Å²) >= 11 is 12.3. The summed E-state index contributed by atoms with van der Waals surface area (Å²) in [5.41, 5.74) is 1.54. The van der Waals surface area contributed by atoms with Crippen LogP contribution in [0.3, 0.4) is 0 Å². The van der Waals surface area contributed by atoms with Gasteiger partial charge in [-0.1, -0.05) is 35.3 Å². The fourth-order valence-corrected chi connectivity index (χ4v) is 2.65. The van der Waals surface area contributed by atoms with Crippen LogP contribution >= 0.6 is 23.2 Å². The topological polar surface area (TPSA) is 50.7 Å². The zero-order valence-electron chi connectivity index (χ0n) is 11.0. The van der Waals surface area contributed by atoms with Crippen molar-refractivity contribution >= 4 is 28.9 Å². The Labute approximate surface area is 132 Å². The van der Waals surface area contributed by atoms with E-state index in [0.717, 1.165) is 11.3 Å². The minimum Gasteiger partial charge on any atom is -0.454 e. The van der Waals surface area contributed by atoms with Crippen LogP contribution in [0.5, 0.6) is 11.5 Å². The predicted molar refractivity (Wildman–Crippen MR) is 82.5 cm³/mol. The minimum absolute atomic E-state index is 0.110. The fraction of sp³-hybridized carbons (Fsp3) is 0.200. The summed E-state index contributed by atoms with van der Waals surface area (Å²) in [6.07, 6.45) is 0. The lowest BCUT2D eigenvalue weighted by Gasteiger charge is -2.19. The van der Waals surface area contributed by atoms with Crippen LogP contribution in [0.15, 0.2) is 36.4 Å². The molecule has 1 aliphatic rings. The maximum Gasteiger partial charge on any atom is 0.231 e. The Morgan fingerprint density at radius 3 is 2.71 bits per heavy atom. The molecule has 1 heterocycles. The lowest BCUT2D eigenvalue weighted by atomic mass is 10.1. The molecule has 0 saturated carbocycles. The zero-order valence-corrected chi connectivity index (χ0v) is 12.5. The third kappa shape index (κ3) is 2.88. The van der Waals surface area contributed by atoms with E-state index in [0.29, 0.717) is 21.5 Å². The first-order valence-corrected chi connectivity index (χ1v) is 7.15. The van der Waals surface area contributed by atoms with Crippen molar-refractivity contribution in [2.45, 2.75) is 6.04 Å². The maximum atomic E-state index is 9.65. The van der Waals surface area contributed by atoms with Gasteiger partial charge < -0.3 is 19.9 Å². The molecule has 2 aromatic rings. The number of halogens is 2. The Morgan fingerprint density at radius 1 is 1.14 bits per heavy atom. The number of ether oxygens (including phenoxy) is 2. The first-order chi connectivity index (χ1) is 10.2. The molecule has 1 unspecified atom stereocenters. The number of hydrogen-bond donors (Lipinski definition) is 2. The van der Waals surface area contributed by atoms with Gasteiger partial charge >= 0.3 is 0 Å². The Kier molecular flexibility index (Phi) is 4.10. The minimum atomic E-state index is -0.350. The van der Waals surface area contributed by atoms with Gasteiger partial charge in [0.15, 0.2) is 11.5 Å². The highest BCUT2D eigenvalue weighted by atomic mass is 35.5. The van der Waals surface area contributed by atoms with Crippen molar-refractivity contribution in [3.8, 4) is 11.5 Å². The van der Waals surface area contributed by atoms with E-state index in [9.17, 15) is 5.11 Å². The molecule has 1 aliphatic heterocycles. The average Bonchev–Trinajstić information content (AvgIpc) is 2.95. The van der Waals surface area contributed by atoms with Gasteiger partial charge in [0.2, 0.25) is 6.79 Å². The highest BCUT2D eigenvalue weighted by Gasteiger charge is 2.21. The Hall–Kier alpha value is -1.62. The van der Waals surface area contributed by atoms with Crippen molar-refractivity contribution in [3.05, 3.63) is 52.0 Å². The van der Waals surface area contributed by atoms with Crippen LogP contribution in [-0.2, 0) is 0 Å². The van der Waals surface area contributed by atoms with E-state index in [4.69, 9.17) is 32.7 Å². The highest BCUT2D eigenvalue weighted by molar-refractivity contribution is 6.33. The van der Waals surface area contributed by atoms with Crippen molar-refractivity contribution in [2.24, 2.45) is 0 Å². The second kappa shape index (κ2) is 6.02. The van der Waals surface area contributed by atoms with Crippen molar-refractivity contribution in [1.29, 1.82) is 0 Å². The molecular weight excluding hydrogens is 313 g/mol. The third-order valence-corrected chi connectivity index (χ3v) is 3.85. The van der Waals surface area contributed by atoms with E-state index in [1.165, 1.54) is 0 Å². The number of para-hydroxylation sites is 1. The van der Waals surface area contributed by atoms with Gasteiger partial charge in [0.1, 0.15) is 0 Å². The van der Waals surface area contributed by atoms with E-state index in [-0.39, 0.29) is 19.4 Å². The van der Waals surface area contributed by atoms with Gasteiger partial charge in [-0.25, -0.2) is 0 Å². The van der Waals surface area contributed by atoms with Gasteiger partial charge in [-0.05, 0) is 29.8 Å². The molecule has 6 heteroatoms. The Bertz CT molecular complexity index is 663. The van der Waals surface area contributed by atoms with E-state index in [1.807, 2.05) is 18.2 Å². The van der Waals surface area contributed by atoms with Gasteiger partial charge in [0, 0.05) is 0 Å². The highest BCUT2D eigenvalue weighted by Crippen LogP contribution is 2.41. The van der Waals surface area contributed by atoms with Crippen LogP contribution in [0.4, 0.5) is 5.69 Å². The van der Waals surface area contributed by atoms with Gasteiger partial charge in [-0.2, -0.15) is 0 Å². The molecule has 1 atom stereocenters. The molecule has 0 aromatic heterocycles. The smallest absolute Gasteiger partial charge is 0.231 e. The Balaban J connectivity index is 1.90. The average molecular weight is 326 g/mol. The van der Waals surface area contributed by atoms with Crippen LogP contribution in [0.2, 0.25) is 10.0 Å². The molecule has 0 fully saturated rings. The van der Waals surface area contributed by atoms with Crippen molar-refractivity contribution in [3.63, 3.8) is 0 Å². The van der Waals surface area contributed by atoms with Crippen LogP contribution in [0, 0.1) is 0 Å². The number of fused-ring (bicyclic) bond motifs is 1. The van der Waals surface area contributed by atoms with Gasteiger partial charge in [-0.3, -0.25) is 0 Å². The van der Waals surface area contributed by atoms with Crippen molar-refractivity contribution in [1.82, 2.24) is 0 Å². The van der Waals surface area contributed by atoms with E-state index >= 15 is 0 Å². The first-order valence-electron chi connectivity index (χ1n) is 6.40. The van der Waals surface area contributed by atoms with Crippen LogP contribution < -0.4 is 14.8 Å². The molecule has 0 aliphatic carbocycles. The molecule has 3 rings (SSSR count). The monoisotopic (exact) mass is 325 g/mol. The summed E-state index contributed by atoms with van der Waals surface area (Å²) < 4.78 is 10.6. The van der Waals surface area contributed by atoms with Gasteiger partial charge in [-0.15, -0.1) is 0 Å². The number of rotatable bonds is 4. The number of aliphatic hydroxyl groups excluding tert-OH is 1. The molecular formula is C15H13Cl2NO3. The summed E-state index contributed by atoms with van der Waals surface area (Å²) in [5, 5.41) is 13.9. The summed E-state index contributed by atoms with van der Waals surface area (Å²) in [7, 11) is 0. The number of aliphatic hydroxyl groups is 1. The van der Waals surface area contributed by atoms with E-state index in [1.54, 1.807) is 18.2 Å². The quantitative estimate of drug-likeness (QED) is 0.896. The molecule has 2 aromatic carbocycles. The van der Waals surface area contributed by atoms with Gasteiger partial charge in [0.05, 0.1) is 28.4 Å². The molecule has 110 valence electrons. The second-order valence-corrected chi connectivity index (χ2v) is 5.41. The summed E-state index contributed by atoms with van der Waals surface area (Å²) in [4.78, 5) is 0. The molecule has 4 nitrogen and oxygen atoms in total. The largest absolute Gasteiger partial charge is 0.454 e. The fourth-order valence-electron chi connectivity index (χ4n) is 2.19. The summed E-state index contributed by atoms with van der Waals surface area (Å²) in [5.74, 6) is 1.12. The van der Waals surface area contributed by atoms with Crippen LogP contribution in [0.1, 0.15) is 11.6 Å². The van der Waals surface area contributed by atoms with Crippen LogP contribution in [-0.4, -0.2) is 18.5 Å². The molecule has 21 heavy (non-hydrogen) atoms. The van der Waals surface area contributed by atoms with Crippen LogP contribution in [0.25, 0.3) is 0 Å². The molecule has 0 amide bonds. The SMILES string of the molecule is OCC(Nc1ccccc1Cl)c1cc(Cl)c2c(c1)OCO2. The second-order valence-electron chi connectivity index (χ2n) is 4.60. The lowest BCUT2D eigenvalue weighted by molar-refractivity contribution is 0.174. The number of nitrogens with one attached hydrogen (secondary N) is 1. The predicted octanol–water partition coefficient (Wildman–Crippen LogP) is 3.87. The molecule has 0 bridgehead atoms. The summed E-state index contributed by atoms with van der Waals surface area (Å²) in [6.45, 7) is 0.0431. The molecule has 0 spiro atoms. The normalized spacial score (nSPS) is 14.0. The summed E-state index contributed by atoms with van der Waals surface area (Å²) in [6, 6.07) is 10.6. The molecule has 0 saturated heterocycles. The van der Waals surface area contributed by atoms with Gasteiger partial charge in [0.25, 0.3) is 0 Å². The van der Waals surface area contributed by atoms with E-state index in [2.05, 4.69) is 5.32 Å². The lowest BCUT2D eigenvalue weighted by Crippen LogP contribution is -2.15. The number of hydrogen-bond acceptors (Lipinski definition) is 4. The number of benzene rings is 2. The maximum absolute atomic E-state index is 9.65. The number of anilines is 1. The van der Waals surface area contributed by atoms with Crippen molar-refractivity contribution in [2.75, 3.05) is 18.7 Å². The first kappa shape index (κ1) is 14.3. The molecule has 2 N–H and O–H groups in total. The zero-order chi connectivity index (χ0) is 14.8. The van der Waals surface area contributed by atoms with E-state index < -0.39 is 0 Å². The standard InChI is InChI=1S/C15H13Cl2NO3/c16-10-3-1-2-4-12(10)18-13(7-19)9-5-11(17)15-14(6-9)20-8-21-15/h1-6,13,18-19H,7-8H2. The van der Waals surface area contributed by atoms with Crippen molar-refractivity contribution < 1.29 is 14.6 Å². The Morgan fingerprint density at radius 2 is 1.95 bits per heavy atom. The molecule has 0 radical (unpaired) electrons. The third-order valence-electron chi connectivity index (χ3n) is 3.24.